The first kappa shape index (κ1) is 30.1. The van der Waals surface area contributed by atoms with Gasteiger partial charge in [0.25, 0.3) is 5.91 Å². The molecule has 15 heteroatoms. The highest BCUT2D eigenvalue weighted by Gasteiger charge is 2.33. The molecule has 2 aromatic carbocycles. The fourth-order valence-corrected chi connectivity index (χ4v) is 6.07. The van der Waals surface area contributed by atoms with Gasteiger partial charge in [-0.15, -0.1) is 0 Å². The number of sulfonamides is 1. The van der Waals surface area contributed by atoms with Crippen molar-refractivity contribution in [3.63, 3.8) is 0 Å². The Balaban J connectivity index is 1.51. The minimum absolute atomic E-state index is 0.00275. The molecule has 0 aliphatic rings. The van der Waals surface area contributed by atoms with Crippen LogP contribution in [-0.2, 0) is 16.2 Å². The largest absolute Gasteiger partial charge is 0.455 e. The average Bonchev–Trinajstić information content (AvgIpc) is 3.62. The molecule has 1 N–H and O–H groups in total. The first-order valence-electron chi connectivity index (χ1n) is 13.9. The summed E-state index contributed by atoms with van der Waals surface area (Å²) >= 11 is 0. The Hall–Kier alpha value is -5.57. The van der Waals surface area contributed by atoms with Gasteiger partial charge < -0.3 is 9.73 Å². The van der Waals surface area contributed by atoms with Crippen molar-refractivity contribution in [1.82, 2.24) is 24.7 Å². The number of hydrogen-bond acceptors (Lipinski definition) is 7. The lowest BCUT2D eigenvalue weighted by molar-refractivity contribution is -0.141. The normalized spacial score (nSPS) is 12.4. The predicted octanol–water partition coefficient (Wildman–Crippen LogP) is 6.42. The van der Waals surface area contributed by atoms with E-state index in [1.54, 1.807) is 41.1 Å². The molecule has 0 aliphatic carbocycles. The van der Waals surface area contributed by atoms with Gasteiger partial charge in [-0.25, -0.2) is 22.8 Å². The van der Waals surface area contributed by atoms with Crippen LogP contribution in [0.4, 0.5) is 23.2 Å². The maximum Gasteiger partial charge on any atom is 0.433 e. The van der Waals surface area contributed by atoms with Crippen LogP contribution >= 0.6 is 0 Å². The topological polar surface area (TPSA) is 123 Å². The summed E-state index contributed by atoms with van der Waals surface area (Å²) in [4.78, 5) is 26.1. The number of anilines is 1. The Morgan fingerprint density at radius 1 is 1.00 bits per heavy atom. The Morgan fingerprint density at radius 3 is 2.47 bits per heavy atom. The van der Waals surface area contributed by atoms with Gasteiger partial charge in [-0.2, -0.15) is 13.2 Å². The Kier molecular flexibility index (Phi) is 6.72. The number of alkyl halides is 3. The summed E-state index contributed by atoms with van der Waals surface area (Å²) in [6.07, 6.45) is -1.15. The molecule has 7 rings (SSSR count). The molecule has 238 valence electrons. The number of amides is 1. The summed E-state index contributed by atoms with van der Waals surface area (Å²) in [6, 6.07) is 14.5. The van der Waals surface area contributed by atoms with E-state index < -0.39 is 33.6 Å². The number of fused-ring (bicyclic) bond motifs is 6. The first-order chi connectivity index (χ1) is 22.3. The summed E-state index contributed by atoms with van der Waals surface area (Å²) in [5, 5.41) is 3.14. The second kappa shape index (κ2) is 10.5. The van der Waals surface area contributed by atoms with Gasteiger partial charge in [0.05, 0.1) is 39.8 Å². The number of pyridine rings is 2. The number of nitrogens with zero attached hydrogens (tertiary/aromatic N) is 5. The standard InChI is InChI=1S/C32H22F4N6O4S/c1-37-31(43)28-19-11-18(21-8-9-22-29(40-21)25-12-17-20(33)5-4-6-23(17)42(25)15-39-22)24(41(2)47(3,44)45)13-26(19)46-30(28)16-7-10-27(38-14-16)32(34,35)36/h4-15H,1-3H3,(H,37,43). The van der Waals surface area contributed by atoms with Crippen LogP contribution in [0.2, 0.25) is 0 Å². The van der Waals surface area contributed by atoms with Gasteiger partial charge in [0.15, 0.2) is 0 Å². The molecule has 0 radical (unpaired) electrons. The summed E-state index contributed by atoms with van der Waals surface area (Å²) in [5.74, 6) is -1.09. The Bertz CT molecular complexity index is 2530. The van der Waals surface area contributed by atoms with Crippen LogP contribution in [0.25, 0.3) is 61.0 Å². The number of rotatable bonds is 5. The number of furan rings is 1. The highest BCUT2D eigenvalue weighted by molar-refractivity contribution is 7.92. The van der Waals surface area contributed by atoms with Gasteiger partial charge in [0.2, 0.25) is 10.0 Å². The third kappa shape index (κ3) is 4.90. The maximum atomic E-state index is 14.7. The van der Waals surface area contributed by atoms with Crippen LogP contribution in [0.3, 0.4) is 0 Å². The van der Waals surface area contributed by atoms with Crippen molar-refractivity contribution in [1.29, 1.82) is 0 Å². The van der Waals surface area contributed by atoms with Crippen LogP contribution in [0, 0.1) is 5.82 Å². The molecule has 1 amide bonds. The smallest absolute Gasteiger partial charge is 0.433 e. The van der Waals surface area contributed by atoms with Crippen LogP contribution in [0.15, 0.2) is 77.6 Å². The van der Waals surface area contributed by atoms with Crippen LogP contribution < -0.4 is 9.62 Å². The number of carbonyl (C=O) groups is 1. The van der Waals surface area contributed by atoms with Crippen molar-refractivity contribution in [2.45, 2.75) is 6.18 Å². The highest BCUT2D eigenvalue weighted by atomic mass is 32.2. The predicted molar refractivity (Wildman–Crippen MR) is 168 cm³/mol. The van der Waals surface area contributed by atoms with E-state index in [4.69, 9.17) is 9.40 Å². The molecule has 0 aliphatic heterocycles. The summed E-state index contributed by atoms with van der Waals surface area (Å²) in [5.41, 5.74) is 1.84. The molecule has 0 saturated heterocycles. The van der Waals surface area contributed by atoms with E-state index in [2.05, 4.69) is 15.3 Å². The van der Waals surface area contributed by atoms with E-state index in [-0.39, 0.29) is 33.5 Å². The average molecular weight is 663 g/mol. The maximum absolute atomic E-state index is 14.7. The minimum atomic E-state index is -4.67. The lowest BCUT2D eigenvalue weighted by atomic mass is 10.0. The van der Waals surface area contributed by atoms with Gasteiger partial charge in [0, 0.05) is 48.3 Å². The second-order valence-corrected chi connectivity index (χ2v) is 12.8. The van der Waals surface area contributed by atoms with E-state index in [0.717, 1.165) is 28.9 Å². The number of halogens is 4. The van der Waals surface area contributed by atoms with Gasteiger partial charge in [-0.1, -0.05) is 6.07 Å². The lowest BCUT2D eigenvalue weighted by Crippen LogP contribution is -2.25. The minimum Gasteiger partial charge on any atom is -0.455 e. The molecular formula is C32H22F4N6O4S. The van der Waals surface area contributed by atoms with Crippen molar-refractivity contribution in [3.8, 4) is 22.6 Å². The fraction of sp³-hybridized carbons (Fsp3) is 0.125. The summed E-state index contributed by atoms with van der Waals surface area (Å²) in [7, 11) is -1.11. The van der Waals surface area contributed by atoms with Crippen molar-refractivity contribution in [3.05, 3.63) is 90.3 Å². The molecule has 0 spiro atoms. The third-order valence-electron chi connectivity index (χ3n) is 7.95. The van der Waals surface area contributed by atoms with E-state index in [9.17, 15) is 30.8 Å². The van der Waals surface area contributed by atoms with Crippen molar-refractivity contribution in [2.75, 3.05) is 24.7 Å². The lowest BCUT2D eigenvalue weighted by Gasteiger charge is -2.20. The quantitative estimate of drug-likeness (QED) is 0.211. The number of aromatic nitrogens is 4. The van der Waals surface area contributed by atoms with E-state index in [1.807, 2.05) is 0 Å². The molecule has 5 aromatic heterocycles. The number of hydrogen-bond donors (Lipinski definition) is 1. The van der Waals surface area contributed by atoms with E-state index in [0.29, 0.717) is 38.7 Å². The molecule has 0 bridgehead atoms. The van der Waals surface area contributed by atoms with E-state index >= 15 is 0 Å². The monoisotopic (exact) mass is 662 g/mol. The highest BCUT2D eigenvalue weighted by Crippen LogP contribution is 2.42. The SMILES string of the molecule is CNC(=O)c1c(-c2ccc(C(F)(F)F)nc2)oc2cc(N(C)S(C)(=O)=O)c(-c3ccc4ncn5c6cccc(F)c6cc5c4n3)cc12. The fourth-order valence-electron chi connectivity index (χ4n) is 5.56. The van der Waals surface area contributed by atoms with Gasteiger partial charge in [-0.05, 0) is 48.5 Å². The second-order valence-electron chi connectivity index (χ2n) is 10.8. The van der Waals surface area contributed by atoms with Crippen LogP contribution in [0.5, 0.6) is 0 Å². The van der Waals surface area contributed by atoms with Crippen molar-refractivity contribution < 1.29 is 35.2 Å². The Labute approximate surface area is 263 Å². The number of carbonyl (C=O) groups excluding carboxylic acids is 1. The van der Waals surface area contributed by atoms with Gasteiger partial charge in [0.1, 0.15) is 34.7 Å². The molecule has 47 heavy (non-hydrogen) atoms. The summed E-state index contributed by atoms with van der Waals surface area (Å²) < 4.78 is 88.6. The molecular weight excluding hydrogens is 640 g/mol. The zero-order chi connectivity index (χ0) is 33.4. The summed E-state index contributed by atoms with van der Waals surface area (Å²) in [6.45, 7) is 0. The molecule has 0 saturated carbocycles. The first-order valence-corrected chi connectivity index (χ1v) is 15.8. The van der Waals surface area contributed by atoms with Gasteiger partial charge in [-0.3, -0.25) is 18.5 Å². The third-order valence-corrected chi connectivity index (χ3v) is 9.14. The zero-order valence-corrected chi connectivity index (χ0v) is 25.5. The molecule has 7 aromatic rings. The molecule has 0 unspecified atom stereocenters. The Morgan fingerprint density at radius 2 is 1.79 bits per heavy atom. The zero-order valence-electron chi connectivity index (χ0n) is 24.7. The number of benzene rings is 2. The van der Waals surface area contributed by atoms with Crippen LogP contribution in [-0.4, -0.2) is 54.0 Å². The molecule has 5 heterocycles. The molecule has 0 atom stereocenters. The molecule has 0 fully saturated rings. The number of nitrogens with one attached hydrogen (secondary N) is 1. The van der Waals surface area contributed by atoms with Gasteiger partial charge >= 0.3 is 6.18 Å². The van der Waals surface area contributed by atoms with Crippen molar-refractivity contribution in [2.24, 2.45) is 0 Å². The van der Waals surface area contributed by atoms with E-state index in [1.165, 1.54) is 32.3 Å². The van der Waals surface area contributed by atoms with Crippen LogP contribution in [0.1, 0.15) is 16.1 Å². The molecule has 10 nitrogen and oxygen atoms in total. The van der Waals surface area contributed by atoms with Crippen molar-refractivity contribution >= 4 is 60.0 Å².